The number of unbranched alkanes of at least 4 members (excludes halogenated alkanes) is 36. The second-order valence-electron chi connectivity index (χ2n) is 23.2. The van der Waals surface area contributed by atoms with E-state index in [1.807, 2.05) is 6.08 Å². The summed E-state index contributed by atoms with van der Waals surface area (Å²) in [5.74, 6) is -0.188. The Kier molecular flexibility index (Phi) is 56.1. The fourth-order valence-electron chi connectivity index (χ4n) is 10.4. The maximum Gasteiger partial charge on any atom is 0.220 e. The van der Waals surface area contributed by atoms with Gasteiger partial charge in [0.1, 0.15) is 24.4 Å². The predicted octanol–water partition coefficient (Wildman–Crippen LogP) is 18.1. The highest BCUT2D eigenvalue weighted by Crippen LogP contribution is 2.23. The molecule has 464 valence electrons. The normalized spacial score (nSPS) is 19.0. The molecule has 9 nitrogen and oxygen atoms in total. The molecule has 0 radical (unpaired) electrons. The molecule has 1 heterocycles. The molecule has 0 spiro atoms. The summed E-state index contributed by atoms with van der Waals surface area (Å²) in [6.45, 7) is 3.67. The van der Waals surface area contributed by atoms with Gasteiger partial charge in [-0.05, 0) is 83.5 Å². The molecular weight excluding hydrogens is 995 g/mol. The van der Waals surface area contributed by atoms with Crippen LogP contribution in [0.3, 0.4) is 0 Å². The summed E-state index contributed by atoms with van der Waals surface area (Å²) in [5.41, 5.74) is 0. The van der Waals surface area contributed by atoms with Gasteiger partial charge < -0.3 is 40.3 Å². The highest BCUT2D eigenvalue weighted by atomic mass is 16.7. The zero-order valence-electron chi connectivity index (χ0n) is 51.8. The van der Waals surface area contributed by atoms with Crippen LogP contribution in [0.4, 0.5) is 0 Å². The number of ether oxygens (including phenoxy) is 2. The fraction of sp³-hybridized carbons (Fsp3) is 0.789. The van der Waals surface area contributed by atoms with Crippen molar-refractivity contribution >= 4 is 5.91 Å². The third-order valence-corrected chi connectivity index (χ3v) is 15.7. The Hall–Kier alpha value is -2.63. The minimum atomic E-state index is -1.58. The van der Waals surface area contributed by atoms with Gasteiger partial charge in [-0.3, -0.25) is 4.79 Å². The number of carbonyl (C=O) groups excluding carboxylic acids is 1. The molecule has 7 unspecified atom stereocenters. The molecule has 1 aliphatic heterocycles. The second-order valence-corrected chi connectivity index (χ2v) is 23.2. The van der Waals surface area contributed by atoms with E-state index in [-0.39, 0.29) is 12.5 Å². The summed E-state index contributed by atoms with van der Waals surface area (Å²) in [4.78, 5) is 13.1. The van der Waals surface area contributed by atoms with Crippen molar-refractivity contribution in [1.82, 2.24) is 5.32 Å². The van der Waals surface area contributed by atoms with Crippen molar-refractivity contribution in [2.75, 3.05) is 13.2 Å². The molecule has 0 aliphatic carbocycles. The maximum absolute atomic E-state index is 13.1. The highest BCUT2D eigenvalue weighted by molar-refractivity contribution is 5.76. The summed E-state index contributed by atoms with van der Waals surface area (Å²) in [7, 11) is 0. The molecule has 7 atom stereocenters. The van der Waals surface area contributed by atoms with Crippen LogP contribution in [0, 0.1) is 0 Å². The number of aliphatic hydroxyl groups excluding tert-OH is 5. The second kappa shape index (κ2) is 59.5. The lowest BCUT2D eigenvalue weighted by atomic mass is 9.99. The van der Waals surface area contributed by atoms with E-state index in [0.717, 1.165) is 70.6 Å². The number of nitrogens with one attached hydrogen (secondary N) is 1. The van der Waals surface area contributed by atoms with Gasteiger partial charge in [0.15, 0.2) is 6.29 Å². The van der Waals surface area contributed by atoms with Crippen molar-refractivity contribution in [2.24, 2.45) is 0 Å². The van der Waals surface area contributed by atoms with E-state index in [2.05, 4.69) is 92.1 Å². The van der Waals surface area contributed by atoms with Gasteiger partial charge >= 0.3 is 0 Å². The van der Waals surface area contributed by atoms with Crippen molar-refractivity contribution in [3.63, 3.8) is 0 Å². The van der Waals surface area contributed by atoms with Crippen LogP contribution in [-0.4, -0.2) is 87.5 Å². The first-order chi connectivity index (χ1) is 39.3. The Morgan fingerprint density at radius 1 is 0.438 bits per heavy atom. The molecule has 0 aromatic carbocycles. The van der Waals surface area contributed by atoms with Gasteiger partial charge in [-0.25, -0.2) is 0 Å². The van der Waals surface area contributed by atoms with Crippen molar-refractivity contribution < 1.29 is 39.8 Å². The Bertz CT molecular complexity index is 1540. The summed E-state index contributed by atoms with van der Waals surface area (Å²) in [6, 6.07) is -0.831. The van der Waals surface area contributed by atoms with Crippen LogP contribution in [0.1, 0.15) is 303 Å². The Morgan fingerprint density at radius 2 is 0.787 bits per heavy atom. The number of hydrogen-bond acceptors (Lipinski definition) is 8. The van der Waals surface area contributed by atoms with Crippen LogP contribution in [0.2, 0.25) is 0 Å². The standard InChI is InChI=1S/C71H127NO8/c1-3-5-7-9-11-13-15-17-19-21-23-25-27-28-29-30-31-32-33-34-35-36-37-38-39-41-43-45-47-49-51-53-55-57-59-61-67(75)72-64(63-79-71-70(78)69(77)68(76)66(62-73)80-71)65(74)60-58-56-54-52-50-48-46-44-42-40-26-24-22-20-18-16-14-12-10-8-6-4-2/h5,7,11,13,17,19,23,25,42,44,50,52,58,60,64-66,68-71,73-74,76-78H,3-4,6,8-10,12,14-16,18,20-22,24,26-41,43,45-49,51,53-57,59,61-63H2,1-2H3,(H,72,75)/b7-5-,13-11-,19-17-,25-23-,44-42+,52-50+,60-58+. The summed E-state index contributed by atoms with van der Waals surface area (Å²) < 4.78 is 11.3. The summed E-state index contributed by atoms with van der Waals surface area (Å²) >= 11 is 0. The molecule has 6 N–H and O–H groups in total. The monoisotopic (exact) mass is 1120 g/mol. The minimum absolute atomic E-state index is 0.188. The van der Waals surface area contributed by atoms with Crippen molar-refractivity contribution in [3.8, 4) is 0 Å². The first-order valence-corrected chi connectivity index (χ1v) is 33.8. The average molecular weight is 1120 g/mol. The molecule has 0 aromatic heterocycles. The summed E-state index contributed by atoms with van der Waals surface area (Å²) in [6.07, 6.45) is 78.3. The lowest BCUT2D eigenvalue weighted by Crippen LogP contribution is -2.60. The van der Waals surface area contributed by atoms with Crippen molar-refractivity contribution in [1.29, 1.82) is 0 Å². The minimum Gasteiger partial charge on any atom is -0.394 e. The van der Waals surface area contributed by atoms with Crippen LogP contribution < -0.4 is 5.32 Å². The molecule has 0 bridgehead atoms. The molecule has 0 aromatic rings. The SMILES string of the molecule is CC/C=C\C/C=C\C/C=C\C/C=C\CCCCCCCCCCCCCCCCCCCCCCCCC(=O)NC(COC1OC(CO)C(O)C(O)C1O)C(O)/C=C/CC/C=C/CC/C=C/CCCCCCCCCCCCCC. The van der Waals surface area contributed by atoms with Gasteiger partial charge in [-0.15, -0.1) is 0 Å². The van der Waals surface area contributed by atoms with Gasteiger partial charge in [0.2, 0.25) is 5.91 Å². The van der Waals surface area contributed by atoms with Gasteiger partial charge in [-0.2, -0.15) is 0 Å². The largest absolute Gasteiger partial charge is 0.394 e. The van der Waals surface area contributed by atoms with E-state index in [1.54, 1.807) is 6.08 Å². The van der Waals surface area contributed by atoms with E-state index in [1.165, 1.54) is 212 Å². The molecular formula is C71H127NO8. The van der Waals surface area contributed by atoms with Crippen LogP contribution in [-0.2, 0) is 14.3 Å². The van der Waals surface area contributed by atoms with Crippen LogP contribution in [0.5, 0.6) is 0 Å². The zero-order valence-corrected chi connectivity index (χ0v) is 51.8. The number of rotatable bonds is 58. The quantitative estimate of drug-likeness (QED) is 0.0261. The van der Waals surface area contributed by atoms with Gasteiger partial charge in [0, 0.05) is 6.42 Å². The predicted molar refractivity (Wildman–Crippen MR) is 341 cm³/mol. The number of carbonyl (C=O) groups is 1. The van der Waals surface area contributed by atoms with Crippen molar-refractivity contribution in [3.05, 3.63) is 85.1 Å². The lowest BCUT2D eigenvalue weighted by Gasteiger charge is -2.40. The third-order valence-electron chi connectivity index (χ3n) is 15.7. The molecule has 1 aliphatic rings. The first-order valence-electron chi connectivity index (χ1n) is 33.8. The number of allylic oxidation sites excluding steroid dienone is 13. The molecule has 1 amide bonds. The van der Waals surface area contributed by atoms with Gasteiger partial charge in [0.05, 0.1) is 25.4 Å². The Morgan fingerprint density at radius 3 is 1.20 bits per heavy atom. The molecule has 9 heteroatoms. The van der Waals surface area contributed by atoms with Crippen LogP contribution >= 0.6 is 0 Å². The average Bonchev–Trinajstić information content (AvgIpc) is 3.46. The van der Waals surface area contributed by atoms with Gasteiger partial charge in [-0.1, -0.05) is 298 Å². The fourth-order valence-corrected chi connectivity index (χ4v) is 10.4. The highest BCUT2D eigenvalue weighted by Gasteiger charge is 2.44. The molecule has 1 saturated heterocycles. The van der Waals surface area contributed by atoms with E-state index in [4.69, 9.17) is 9.47 Å². The van der Waals surface area contributed by atoms with Crippen LogP contribution in [0.15, 0.2) is 85.1 Å². The third kappa shape index (κ3) is 47.8. The zero-order chi connectivity index (χ0) is 57.9. The Labute approximate surface area is 492 Å². The topological polar surface area (TPSA) is 149 Å². The van der Waals surface area contributed by atoms with Gasteiger partial charge in [0.25, 0.3) is 0 Å². The van der Waals surface area contributed by atoms with E-state index in [0.29, 0.717) is 6.42 Å². The molecule has 1 fully saturated rings. The smallest absolute Gasteiger partial charge is 0.220 e. The molecule has 1 rings (SSSR count). The molecule has 80 heavy (non-hydrogen) atoms. The maximum atomic E-state index is 13.1. The lowest BCUT2D eigenvalue weighted by molar-refractivity contribution is -0.302. The van der Waals surface area contributed by atoms with E-state index < -0.39 is 49.5 Å². The van der Waals surface area contributed by atoms with E-state index in [9.17, 15) is 30.3 Å². The first kappa shape index (κ1) is 75.4. The summed E-state index contributed by atoms with van der Waals surface area (Å²) in [5, 5.41) is 54.7. The van der Waals surface area contributed by atoms with E-state index >= 15 is 0 Å². The van der Waals surface area contributed by atoms with Crippen LogP contribution in [0.25, 0.3) is 0 Å². The number of aliphatic hydroxyl groups is 5. The molecule has 0 saturated carbocycles. The Balaban J connectivity index is 2.14. The number of amides is 1. The van der Waals surface area contributed by atoms with Crippen molar-refractivity contribution in [2.45, 2.75) is 346 Å². The number of hydrogen-bond donors (Lipinski definition) is 6.